The molecule has 2 unspecified atom stereocenters. The molecular weight excluding hydrogens is 712 g/mol. The molecular formula is C46H54O10. The molecule has 2 fully saturated rings. The van der Waals surface area contributed by atoms with Crippen LogP contribution in [-0.2, 0) is 18.9 Å². The highest BCUT2D eigenvalue weighted by atomic mass is 16.6. The maximum Gasteiger partial charge on any atom is 0.343 e. The monoisotopic (exact) mass is 766 g/mol. The Morgan fingerprint density at radius 1 is 0.464 bits per heavy atom. The van der Waals surface area contributed by atoms with Crippen molar-refractivity contribution in [1.82, 2.24) is 0 Å². The summed E-state index contributed by atoms with van der Waals surface area (Å²) in [6.07, 6.45) is 8.32. The molecule has 0 aromatic heterocycles. The molecule has 2 heterocycles. The SMILES string of the molecule is CC1(COCCCCCCOc2ccc(C(=O)Oc3ccc(-c4ccc(OC(=O)c5ccc(OCCCCCCOCC6(C)CO6)cc5)cc4)cc3)cc2)CO1. The van der Waals surface area contributed by atoms with Crippen LogP contribution in [0, 0.1) is 0 Å². The van der Waals surface area contributed by atoms with Gasteiger partial charge in [0.05, 0.1) is 50.8 Å². The van der Waals surface area contributed by atoms with Gasteiger partial charge in [0.2, 0.25) is 0 Å². The lowest BCUT2D eigenvalue weighted by molar-refractivity contribution is 0.0725. The van der Waals surface area contributed by atoms with E-state index in [0.717, 1.165) is 100 Å². The molecule has 0 spiro atoms. The van der Waals surface area contributed by atoms with Gasteiger partial charge in [-0.25, -0.2) is 9.59 Å². The van der Waals surface area contributed by atoms with Gasteiger partial charge in [-0.1, -0.05) is 37.1 Å². The minimum Gasteiger partial charge on any atom is -0.494 e. The highest BCUT2D eigenvalue weighted by Crippen LogP contribution is 2.28. The Hall–Kier alpha value is -4.74. The molecule has 4 aromatic carbocycles. The van der Waals surface area contributed by atoms with Crippen LogP contribution >= 0.6 is 0 Å². The first kappa shape index (κ1) is 40.9. The third-order valence-corrected chi connectivity index (χ3v) is 9.64. The normalized spacial score (nSPS) is 18.2. The van der Waals surface area contributed by atoms with E-state index in [0.29, 0.717) is 49.1 Å². The van der Waals surface area contributed by atoms with Gasteiger partial charge in [-0.2, -0.15) is 0 Å². The molecule has 2 aliphatic rings. The van der Waals surface area contributed by atoms with Crippen LogP contribution in [0.5, 0.6) is 23.0 Å². The molecule has 6 rings (SSSR count). The van der Waals surface area contributed by atoms with Gasteiger partial charge in [0.15, 0.2) is 0 Å². The summed E-state index contributed by atoms with van der Waals surface area (Å²) in [6, 6.07) is 28.5. The molecule has 0 saturated carbocycles. The van der Waals surface area contributed by atoms with E-state index in [1.807, 2.05) is 24.3 Å². The number of rotatable bonds is 25. The highest BCUT2D eigenvalue weighted by Gasteiger charge is 2.40. The molecule has 2 atom stereocenters. The van der Waals surface area contributed by atoms with Gasteiger partial charge >= 0.3 is 11.9 Å². The number of epoxide rings is 2. The van der Waals surface area contributed by atoms with Gasteiger partial charge in [-0.15, -0.1) is 0 Å². The minimum atomic E-state index is -0.444. The van der Waals surface area contributed by atoms with E-state index in [2.05, 4.69) is 13.8 Å². The van der Waals surface area contributed by atoms with Crippen LogP contribution in [0.2, 0.25) is 0 Å². The first-order valence-electron chi connectivity index (χ1n) is 19.8. The van der Waals surface area contributed by atoms with E-state index in [-0.39, 0.29) is 11.2 Å². The summed E-state index contributed by atoms with van der Waals surface area (Å²) in [6.45, 7) is 9.85. The van der Waals surface area contributed by atoms with Crippen molar-refractivity contribution in [2.24, 2.45) is 0 Å². The number of hydrogen-bond donors (Lipinski definition) is 0. The number of carbonyl (C=O) groups excluding carboxylic acids is 2. The van der Waals surface area contributed by atoms with Gasteiger partial charge in [-0.3, -0.25) is 0 Å². The van der Waals surface area contributed by atoms with Gasteiger partial charge in [0.1, 0.15) is 34.2 Å². The summed E-state index contributed by atoms with van der Waals surface area (Å²) in [4.78, 5) is 25.6. The number of ether oxygens (including phenoxy) is 8. The summed E-state index contributed by atoms with van der Waals surface area (Å²) in [5.41, 5.74) is 2.64. The summed E-state index contributed by atoms with van der Waals surface area (Å²) < 4.78 is 44.9. The number of carbonyl (C=O) groups is 2. The highest BCUT2D eigenvalue weighted by molar-refractivity contribution is 5.92. The van der Waals surface area contributed by atoms with Crippen molar-refractivity contribution in [1.29, 1.82) is 0 Å². The Balaban J connectivity index is 0.839. The Kier molecular flexibility index (Phi) is 14.9. The fourth-order valence-electron chi connectivity index (χ4n) is 5.83. The lowest BCUT2D eigenvalue weighted by Crippen LogP contribution is -2.14. The summed E-state index contributed by atoms with van der Waals surface area (Å²) >= 11 is 0. The van der Waals surface area contributed by atoms with Gasteiger partial charge in [0.25, 0.3) is 0 Å². The van der Waals surface area contributed by atoms with E-state index in [1.54, 1.807) is 72.8 Å². The van der Waals surface area contributed by atoms with Crippen molar-refractivity contribution in [3.05, 3.63) is 108 Å². The molecule has 0 bridgehead atoms. The van der Waals surface area contributed by atoms with E-state index in [1.165, 1.54) is 0 Å². The van der Waals surface area contributed by atoms with Gasteiger partial charge in [-0.05, 0) is 136 Å². The zero-order valence-corrected chi connectivity index (χ0v) is 32.6. The average Bonchev–Trinajstić information content (AvgIpc) is 4.15. The molecule has 2 saturated heterocycles. The predicted octanol–water partition coefficient (Wildman–Crippen LogP) is 9.28. The average molecular weight is 767 g/mol. The van der Waals surface area contributed by atoms with E-state index >= 15 is 0 Å². The topological polar surface area (TPSA) is 115 Å². The summed E-state index contributed by atoms with van der Waals surface area (Å²) in [7, 11) is 0. The maximum atomic E-state index is 12.8. The van der Waals surface area contributed by atoms with Crippen molar-refractivity contribution < 1.29 is 47.5 Å². The molecule has 4 aromatic rings. The van der Waals surface area contributed by atoms with E-state index in [4.69, 9.17) is 37.9 Å². The van der Waals surface area contributed by atoms with Crippen LogP contribution in [0.25, 0.3) is 11.1 Å². The van der Waals surface area contributed by atoms with E-state index in [9.17, 15) is 9.59 Å². The first-order chi connectivity index (χ1) is 27.3. The number of hydrogen-bond acceptors (Lipinski definition) is 10. The second kappa shape index (κ2) is 20.4. The van der Waals surface area contributed by atoms with Crippen LogP contribution < -0.4 is 18.9 Å². The van der Waals surface area contributed by atoms with Crippen molar-refractivity contribution in [2.75, 3.05) is 52.9 Å². The third-order valence-electron chi connectivity index (χ3n) is 9.64. The lowest BCUT2D eigenvalue weighted by Gasteiger charge is -2.09. The van der Waals surface area contributed by atoms with Crippen molar-refractivity contribution >= 4 is 11.9 Å². The zero-order valence-electron chi connectivity index (χ0n) is 32.6. The molecule has 2 aliphatic heterocycles. The number of esters is 2. The smallest absolute Gasteiger partial charge is 0.343 e. The minimum absolute atomic E-state index is 0.0431. The van der Waals surface area contributed by atoms with Crippen molar-refractivity contribution in [3.8, 4) is 34.1 Å². The predicted molar refractivity (Wildman–Crippen MR) is 213 cm³/mol. The van der Waals surface area contributed by atoms with Gasteiger partial charge < -0.3 is 37.9 Å². The fourth-order valence-corrected chi connectivity index (χ4v) is 5.83. The summed E-state index contributed by atoms with van der Waals surface area (Å²) in [5.74, 6) is 1.43. The molecule has 0 amide bonds. The quantitative estimate of drug-likeness (QED) is 0.0280. The molecule has 0 radical (unpaired) electrons. The van der Waals surface area contributed by atoms with Crippen LogP contribution in [0.3, 0.4) is 0 Å². The second-order valence-corrected chi connectivity index (χ2v) is 15.0. The molecule has 10 heteroatoms. The van der Waals surface area contributed by atoms with E-state index < -0.39 is 11.9 Å². The standard InChI is InChI=1S/C46H54O10/c1-45(33-53-45)31-49-27-7-3-5-9-29-51-39-19-15-37(16-20-39)43(47)55-41-23-11-35(12-24-41)36-13-25-42(26-14-36)56-44(48)38-17-21-40(22-18-38)52-30-10-6-4-8-28-50-32-46(2)34-54-46/h11-26H,3-10,27-34H2,1-2H3. The largest absolute Gasteiger partial charge is 0.494 e. The molecule has 0 N–H and O–H groups in total. The van der Waals surface area contributed by atoms with Crippen molar-refractivity contribution in [2.45, 2.75) is 76.4 Å². The Morgan fingerprint density at radius 3 is 1.12 bits per heavy atom. The second-order valence-electron chi connectivity index (χ2n) is 15.0. The lowest BCUT2D eigenvalue weighted by atomic mass is 10.1. The van der Waals surface area contributed by atoms with Gasteiger partial charge in [0, 0.05) is 13.2 Å². The van der Waals surface area contributed by atoms with Crippen molar-refractivity contribution in [3.63, 3.8) is 0 Å². The van der Waals surface area contributed by atoms with Crippen LogP contribution in [0.15, 0.2) is 97.1 Å². The number of unbranched alkanes of at least 4 members (excludes halogenated alkanes) is 6. The van der Waals surface area contributed by atoms with Crippen LogP contribution in [-0.4, -0.2) is 76.0 Å². The molecule has 0 aliphatic carbocycles. The Morgan fingerprint density at radius 2 is 0.786 bits per heavy atom. The number of benzene rings is 4. The third kappa shape index (κ3) is 13.8. The fraction of sp³-hybridized carbons (Fsp3) is 0.435. The summed E-state index contributed by atoms with van der Waals surface area (Å²) in [5, 5.41) is 0. The maximum absolute atomic E-state index is 12.8. The molecule has 56 heavy (non-hydrogen) atoms. The molecule has 10 nitrogen and oxygen atoms in total. The Bertz CT molecular complexity index is 1660. The first-order valence-corrected chi connectivity index (χ1v) is 19.8. The molecule has 298 valence electrons. The zero-order chi connectivity index (χ0) is 39.1. The van der Waals surface area contributed by atoms with Crippen LogP contribution in [0.4, 0.5) is 0 Å². The Labute approximate surface area is 330 Å². The van der Waals surface area contributed by atoms with Crippen LogP contribution in [0.1, 0.15) is 85.9 Å².